The summed E-state index contributed by atoms with van der Waals surface area (Å²) in [6.45, 7) is 3.44. The lowest BCUT2D eigenvalue weighted by Gasteiger charge is -2.01. The SMILES string of the molecule is CC(=NOCC(=O)N/N=C/c1ccc(C)cc1O)c1cccs1. The molecule has 1 aromatic carbocycles. The standard InChI is InChI=1S/C16H17N3O3S/c1-11-5-6-13(14(20)8-11)9-17-18-16(21)10-22-19-12(2)15-4-3-7-23-15/h3-9,20H,10H2,1-2H3,(H,18,21)/b17-9+,19-12?. The topological polar surface area (TPSA) is 83.3 Å². The predicted molar refractivity (Wildman–Crippen MR) is 91.1 cm³/mol. The molecule has 0 unspecified atom stereocenters. The van der Waals surface area contributed by atoms with Crippen LogP contribution < -0.4 is 5.43 Å². The molecule has 0 saturated heterocycles. The van der Waals surface area contributed by atoms with E-state index >= 15 is 0 Å². The van der Waals surface area contributed by atoms with Crippen molar-refractivity contribution in [1.29, 1.82) is 0 Å². The summed E-state index contributed by atoms with van der Waals surface area (Å²) < 4.78 is 0. The van der Waals surface area contributed by atoms with Crippen LogP contribution in [0.4, 0.5) is 0 Å². The molecule has 0 atom stereocenters. The maximum absolute atomic E-state index is 11.6. The van der Waals surface area contributed by atoms with E-state index in [0.717, 1.165) is 10.4 Å². The van der Waals surface area contributed by atoms with Crippen LogP contribution in [-0.2, 0) is 9.63 Å². The molecule has 0 aliphatic heterocycles. The zero-order chi connectivity index (χ0) is 16.7. The lowest BCUT2D eigenvalue weighted by molar-refractivity contribution is -0.125. The number of phenolic OH excluding ortho intramolecular Hbond substituents is 1. The van der Waals surface area contributed by atoms with Crippen molar-refractivity contribution in [2.24, 2.45) is 10.3 Å². The molecule has 2 aromatic rings. The van der Waals surface area contributed by atoms with Crippen molar-refractivity contribution >= 4 is 29.2 Å². The van der Waals surface area contributed by atoms with Gasteiger partial charge in [0, 0.05) is 5.56 Å². The van der Waals surface area contributed by atoms with Gasteiger partial charge in [-0.05, 0) is 43.0 Å². The summed E-state index contributed by atoms with van der Waals surface area (Å²) in [4.78, 5) is 17.5. The summed E-state index contributed by atoms with van der Waals surface area (Å²) in [5.41, 5.74) is 4.48. The van der Waals surface area contributed by atoms with Gasteiger partial charge in [0.25, 0.3) is 5.91 Å². The maximum Gasteiger partial charge on any atom is 0.280 e. The Labute approximate surface area is 138 Å². The average Bonchev–Trinajstić information content (AvgIpc) is 3.04. The van der Waals surface area contributed by atoms with Crippen molar-refractivity contribution < 1.29 is 14.7 Å². The Hall–Kier alpha value is -2.67. The highest BCUT2D eigenvalue weighted by Gasteiger charge is 2.02. The number of hydrazone groups is 1. The molecule has 23 heavy (non-hydrogen) atoms. The molecule has 2 rings (SSSR count). The second-order valence-electron chi connectivity index (χ2n) is 4.78. The van der Waals surface area contributed by atoms with E-state index in [1.54, 1.807) is 23.5 Å². The van der Waals surface area contributed by atoms with Crippen LogP contribution in [0, 0.1) is 6.92 Å². The van der Waals surface area contributed by atoms with E-state index in [4.69, 9.17) is 4.84 Å². The highest BCUT2D eigenvalue weighted by Crippen LogP contribution is 2.16. The number of carbonyl (C=O) groups excluding carboxylic acids is 1. The van der Waals surface area contributed by atoms with E-state index in [1.165, 1.54) is 6.21 Å². The lowest BCUT2D eigenvalue weighted by atomic mass is 10.1. The fourth-order valence-corrected chi connectivity index (χ4v) is 2.35. The van der Waals surface area contributed by atoms with Crippen molar-refractivity contribution in [3.63, 3.8) is 0 Å². The average molecular weight is 331 g/mol. The number of benzene rings is 1. The van der Waals surface area contributed by atoms with Gasteiger partial charge in [0.05, 0.1) is 16.8 Å². The van der Waals surface area contributed by atoms with Crippen molar-refractivity contribution in [1.82, 2.24) is 5.43 Å². The predicted octanol–water partition coefficient (Wildman–Crippen LogP) is 2.65. The van der Waals surface area contributed by atoms with Crippen molar-refractivity contribution in [3.05, 3.63) is 51.7 Å². The number of thiophene rings is 1. The molecule has 6 nitrogen and oxygen atoms in total. The summed E-state index contributed by atoms with van der Waals surface area (Å²) >= 11 is 1.55. The van der Waals surface area contributed by atoms with Crippen molar-refractivity contribution in [2.45, 2.75) is 13.8 Å². The smallest absolute Gasteiger partial charge is 0.280 e. The Kier molecular flexibility index (Phi) is 5.87. The van der Waals surface area contributed by atoms with Gasteiger partial charge in [0.2, 0.25) is 0 Å². The number of carbonyl (C=O) groups is 1. The van der Waals surface area contributed by atoms with Crippen LogP contribution in [0.1, 0.15) is 22.9 Å². The van der Waals surface area contributed by atoms with Gasteiger partial charge in [0.15, 0.2) is 6.61 Å². The molecule has 0 saturated carbocycles. The summed E-state index contributed by atoms with van der Waals surface area (Å²) in [5.74, 6) is -0.328. The molecule has 1 amide bonds. The van der Waals surface area contributed by atoms with E-state index in [2.05, 4.69) is 15.7 Å². The third-order valence-corrected chi connectivity index (χ3v) is 3.83. The fourth-order valence-electron chi connectivity index (χ4n) is 1.69. The Balaban J connectivity index is 1.79. The van der Waals surface area contributed by atoms with Crippen molar-refractivity contribution in [3.8, 4) is 5.75 Å². The molecule has 7 heteroatoms. The van der Waals surface area contributed by atoms with Crippen LogP contribution in [0.15, 0.2) is 46.0 Å². The number of nitrogens with one attached hydrogen (secondary N) is 1. The Morgan fingerprint density at radius 3 is 2.96 bits per heavy atom. The number of aryl methyl sites for hydroxylation is 1. The molecule has 0 aliphatic rings. The Bertz CT molecular complexity index is 724. The highest BCUT2D eigenvalue weighted by molar-refractivity contribution is 7.12. The first-order valence-electron chi connectivity index (χ1n) is 6.88. The van der Waals surface area contributed by atoms with Gasteiger partial charge in [-0.25, -0.2) is 5.43 Å². The number of nitrogens with zero attached hydrogens (tertiary/aromatic N) is 2. The van der Waals surface area contributed by atoms with Crippen LogP contribution >= 0.6 is 11.3 Å². The summed E-state index contributed by atoms with van der Waals surface area (Å²) in [7, 11) is 0. The number of aromatic hydroxyl groups is 1. The van der Waals surface area contributed by atoms with Gasteiger partial charge >= 0.3 is 0 Å². The minimum atomic E-state index is -0.435. The zero-order valence-electron chi connectivity index (χ0n) is 12.8. The second-order valence-corrected chi connectivity index (χ2v) is 5.73. The van der Waals surface area contributed by atoms with Crippen LogP contribution in [0.25, 0.3) is 0 Å². The molecule has 0 radical (unpaired) electrons. The van der Waals surface area contributed by atoms with E-state index in [-0.39, 0.29) is 12.4 Å². The van der Waals surface area contributed by atoms with Crippen LogP contribution in [0.5, 0.6) is 5.75 Å². The highest BCUT2D eigenvalue weighted by atomic mass is 32.1. The number of hydrogen-bond donors (Lipinski definition) is 2. The summed E-state index contributed by atoms with van der Waals surface area (Å²) in [5, 5.41) is 19.3. The van der Waals surface area contributed by atoms with E-state index in [1.807, 2.05) is 37.4 Å². The maximum atomic E-state index is 11.6. The van der Waals surface area contributed by atoms with Crippen molar-refractivity contribution in [2.75, 3.05) is 6.61 Å². The fraction of sp³-hybridized carbons (Fsp3) is 0.188. The number of hydrogen-bond acceptors (Lipinski definition) is 6. The lowest BCUT2D eigenvalue weighted by Crippen LogP contribution is -2.22. The van der Waals surface area contributed by atoms with E-state index in [9.17, 15) is 9.90 Å². The van der Waals surface area contributed by atoms with E-state index in [0.29, 0.717) is 11.3 Å². The van der Waals surface area contributed by atoms with Crippen LogP contribution in [0.2, 0.25) is 0 Å². The Morgan fingerprint density at radius 1 is 1.43 bits per heavy atom. The van der Waals surface area contributed by atoms with Gasteiger partial charge in [-0.15, -0.1) is 11.3 Å². The molecule has 0 aliphatic carbocycles. The molecular weight excluding hydrogens is 314 g/mol. The molecule has 1 aromatic heterocycles. The first-order valence-corrected chi connectivity index (χ1v) is 7.76. The monoisotopic (exact) mass is 331 g/mol. The molecule has 0 fully saturated rings. The molecule has 1 heterocycles. The quantitative estimate of drug-likeness (QED) is 0.630. The van der Waals surface area contributed by atoms with Gasteiger partial charge in [-0.2, -0.15) is 5.10 Å². The van der Waals surface area contributed by atoms with Gasteiger partial charge in [0.1, 0.15) is 5.75 Å². The van der Waals surface area contributed by atoms with Crippen LogP contribution in [0.3, 0.4) is 0 Å². The Morgan fingerprint density at radius 2 is 2.26 bits per heavy atom. The van der Waals surface area contributed by atoms with Gasteiger partial charge in [-0.1, -0.05) is 17.3 Å². The largest absolute Gasteiger partial charge is 0.507 e. The normalized spacial score (nSPS) is 11.7. The van der Waals surface area contributed by atoms with Gasteiger partial charge in [-0.3, -0.25) is 4.79 Å². The second kappa shape index (κ2) is 8.09. The van der Waals surface area contributed by atoms with Crippen LogP contribution in [-0.4, -0.2) is 29.5 Å². The molecule has 120 valence electrons. The summed E-state index contributed by atoms with van der Waals surface area (Å²) in [6, 6.07) is 9.01. The molecule has 0 spiro atoms. The number of rotatable bonds is 6. The summed E-state index contributed by atoms with van der Waals surface area (Å²) in [6.07, 6.45) is 1.37. The zero-order valence-corrected chi connectivity index (χ0v) is 13.6. The van der Waals surface area contributed by atoms with E-state index < -0.39 is 5.91 Å². The first kappa shape index (κ1) is 16.7. The molecule has 0 bridgehead atoms. The minimum absolute atomic E-state index is 0.107. The number of amides is 1. The third kappa shape index (κ3) is 5.23. The van der Waals surface area contributed by atoms with Gasteiger partial charge < -0.3 is 9.94 Å². The first-order chi connectivity index (χ1) is 11.1. The number of oxime groups is 1. The third-order valence-electron chi connectivity index (χ3n) is 2.85. The number of phenols is 1. The molecular formula is C16H17N3O3S. The minimum Gasteiger partial charge on any atom is -0.507 e. The molecule has 2 N–H and O–H groups in total.